The molecule has 0 N–H and O–H groups in total. The number of thiol groups is 1. The highest BCUT2D eigenvalue weighted by Crippen LogP contribution is 2.07. The Morgan fingerprint density at radius 2 is 1.18 bits per heavy atom. The molecular weight excluding hydrogens is 228 g/mol. The van der Waals surface area contributed by atoms with E-state index in [9.17, 15) is 0 Å². The van der Waals surface area contributed by atoms with Gasteiger partial charge in [0.1, 0.15) is 0 Å². The predicted octanol–water partition coefficient (Wildman–Crippen LogP) is 3.14. The van der Waals surface area contributed by atoms with Crippen molar-refractivity contribution >= 4 is 12.6 Å². The molecule has 0 atom stereocenters. The van der Waals surface area contributed by atoms with Crippen LogP contribution in [0.4, 0.5) is 0 Å². The number of hydrogen-bond acceptors (Lipinski definition) is 3. The molecule has 0 aliphatic heterocycles. The Balaban J connectivity index is 3.11. The molecule has 0 spiro atoms. The first kappa shape index (κ1) is 17.3. The van der Waals surface area contributed by atoms with Gasteiger partial charge in [-0.1, -0.05) is 32.1 Å². The van der Waals surface area contributed by atoms with Gasteiger partial charge in [-0.2, -0.15) is 12.6 Å². The molecule has 0 bridgehead atoms. The summed E-state index contributed by atoms with van der Waals surface area (Å²) in [5.74, 6) is 1.05. The molecule has 104 valence electrons. The van der Waals surface area contributed by atoms with Crippen molar-refractivity contribution in [1.82, 2.24) is 9.80 Å². The Hall–Kier alpha value is 0.270. The van der Waals surface area contributed by atoms with Crippen LogP contribution in [0.15, 0.2) is 0 Å². The summed E-state index contributed by atoms with van der Waals surface area (Å²) >= 11 is 4.23. The van der Waals surface area contributed by atoms with Crippen molar-refractivity contribution in [2.24, 2.45) is 0 Å². The summed E-state index contributed by atoms with van der Waals surface area (Å²) < 4.78 is 0. The number of unbranched alkanes of at least 4 members (excludes halogenated alkanes) is 6. The van der Waals surface area contributed by atoms with Crippen molar-refractivity contribution in [1.29, 1.82) is 0 Å². The summed E-state index contributed by atoms with van der Waals surface area (Å²) in [6.45, 7) is 3.61. The third-order valence-electron chi connectivity index (χ3n) is 3.13. The van der Waals surface area contributed by atoms with E-state index in [0.717, 1.165) is 5.75 Å². The Bertz CT molecular complexity index is 151. The molecule has 3 heteroatoms. The van der Waals surface area contributed by atoms with Gasteiger partial charge in [0.25, 0.3) is 0 Å². The van der Waals surface area contributed by atoms with Crippen LogP contribution < -0.4 is 0 Å². The minimum Gasteiger partial charge on any atom is -0.308 e. The lowest BCUT2D eigenvalue weighted by molar-refractivity contribution is 0.277. The van der Waals surface area contributed by atoms with Crippen LogP contribution in [0.25, 0.3) is 0 Å². The third kappa shape index (κ3) is 14.2. The van der Waals surface area contributed by atoms with Crippen molar-refractivity contribution in [3.63, 3.8) is 0 Å². The van der Waals surface area contributed by atoms with Crippen LogP contribution in [-0.4, -0.2) is 56.3 Å². The van der Waals surface area contributed by atoms with Gasteiger partial charge in [-0.25, -0.2) is 0 Å². The number of rotatable bonds is 12. The second kappa shape index (κ2) is 12.7. The van der Waals surface area contributed by atoms with Crippen molar-refractivity contribution in [3.8, 4) is 0 Å². The van der Waals surface area contributed by atoms with Gasteiger partial charge in [0.2, 0.25) is 0 Å². The van der Waals surface area contributed by atoms with Crippen molar-refractivity contribution in [2.75, 3.05) is 46.5 Å². The van der Waals surface area contributed by atoms with Gasteiger partial charge >= 0.3 is 0 Å². The molecule has 0 radical (unpaired) electrons. The number of hydrogen-bond donors (Lipinski definition) is 1. The molecular formula is C14H32N2S. The maximum absolute atomic E-state index is 4.23. The molecule has 0 heterocycles. The van der Waals surface area contributed by atoms with Crippen LogP contribution in [0.2, 0.25) is 0 Å². The van der Waals surface area contributed by atoms with Gasteiger partial charge in [0.15, 0.2) is 0 Å². The summed E-state index contributed by atoms with van der Waals surface area (Å²) in [6.07, 6.45) is 9.63. The average Bonchev–Trinajstić information content (AvgIpc) is 2.30. The van der Waals surface area contributed by atoms with Gasteiger partial charge in [-0.05, 0) is 46.3 Å². The minimum absolute atomic E-state index is 1.05. The first-order chi connectivity index (χ1) is 8.16. The van der Waals surface area contributed by atoms with Gasteiger partial charge in [-0.3, -0.25) is 0 Å². The Labute approximate surface area is 114 Å². The number of nitrogens with zero attached hydrogens (tertiary/aromatic N) is 2. The SMILES string of the molecule is CN(C)CCN(C)CCCCCCCCCS. The van der Waals surface area contributed by atoms with E-state index in [1.165, 1.54) is 64.6 Å². The zero-order valence-corrected chi connectivity index (χ0v) is 13.0. The van der Waals surface area contributed by atoms with Crippen LogP contribution in [0.5, 0.6) is 0 Å². The molecule has 0 saturated heterocycles. The molecule has 0 aromatic rings. The fraction of sp³-hybridized carbons (Fsp3) is 1.00. The molecule has 0 amide bonds. The van der Waals surface area contributed by atoms with Crippen molar-refractivity contribution in [3.05, 3.63) is 0 Å². The van der Waals surface area contributed by atoms with E-state index in [0.29, 0.717) is 0 Å². The van der Waals surface area contributed by atoms with Gasteiger partial charge in [0.05, 0.1) is 0 Å². The second-order valence-corrected chi connectivity index (χ2v) is 5.75. The van der Waals surface area contributed by atoms with Crippen LogP contribution in [-0.2, 0) is 0 Å². The summed E-state index contributed by atoms with van der Waals surface area (Å²) in [6, 6.07) is 0. The summed E-state index contributed by atoms with van der Waals surface area (Å²) in [5.41, 5.74) is 0. The third-order valence-corrected chi connectivity index (χ3v) is 3.44. The van der Waals surface area contributed by atoms with E-state index in [1.54, 1.807) is 0 Å². The maximum atomic E-state index is 4.23. The average molecular weight is 260 g/mol. The van der Waals surface area contributed by atoms with Gasteiger partial charge < -0.3 is 9.80 Å². The van der Waals surface area contributed by atoms with Crippen LogP contribution >= 0.6 is 12.6 Å². The van der Waals surface area contributed by atoms with Crippen LogP contribution in [0.3, 0.4) is 0 Å². The zero-order chi connectivity index (χ0) is 12.9. The molecule has 0 unspecified atom stereocenters. The molecule has 17 heavy (non-hydrogen) atoms. The van der Waals surface area contributed by atoms with Gasteiger partial charge in [-0.15, -0.1) is 0 Å². The Morgan fingerprint density at radius 3 is 1.71 bits per heavy atom. The first-order valence-electron chi connectivity index (χ1n) is 7.11. The second-order valence-electron chi connectivity index (χ2n) is 5.31. The highest BCUT2D eigenvalue weighted by Gasteiger charge is 1.98. The van der Waals surface area contributed by atoms with Crippen molar-refractivity contribution in [2.45, 2.75) is 44.9 Å². The Morgan fingerprint density at radius 1 is 0.647 bits per heavy atom. The van der Waals surface area contributed by atoms with E-state index in [-0.39, 0.29) is 0 Å². The fourth-order valence-corrected chi connectivity index (χ4v) is 2.08. The highest BCUT2D eigenvalue weighted by atomic mass is 32.1. The quantitative estimate of drug-likeness (QED) is 0.425. The lowest BCUT2D eigenvalue weighted by Gasteiger charge is -2.19. The van der Waals surface area contributed by atoms with E-state index in [1.807, 2.05) is 0 Å². The van der Waals surface area contributed by atoms with E-state index in [4.69, 9.17) is 0 Å². The summed E-state index contributed by atoms with van der Waals surface area (Å²) in [4.78, 5) is 4.69. The zero-order valence-electron chi connectivity index (χ0n) is 12.1. The largest absolute Gasteiger partial charge is 0.308 e. The fourth-order valence-electron chi connectivity index (χ4n) is 1.86. The lowest BCUT2D eigenvalue weighted by atomic mass is 10.1. The van der Waals surface area contributed by atoms with Crippen LogP contribution in [0, 0.1) is 0 Å². The summed E-state index contributed by atoms with van der Waals surface area (Å²) in [5, 5.41) is 0. The molecule has 0 fully saturated rings. The first-order valence-corrected chi connectivity index (χ1v) is 7.74. The molecule has 0 aliphatic carbocycles. The smallest absolute Gasteiger partial charge is 0.0106 e. The van der Waals surface area contributed by atoms with E-state index < -0.39 is 0 Å². The summed E-state index contributed by atoms with van der Waals surface area (Å²) in [7, 11) is 6.51. The number of likely N-dealkylation sites (N-methyl/N-ethyl adjacent to an activating group) is 2. The molecule has 2 nitrogen and oxygen atoms in total. The molecule has 0 saturated carbocycles. The highest BCUT2D eigenvalue weighted by molar-refractivity contribution is 7.80. The van der Waals surface area contributed by atoms with Crippen LogP contribution in [0.1, 0.15) is 44.9 Å². The molecule has 0 aliphatic rings. The topological polar surface area (TPSA) is 6.48 Å². The Kier molecular flexibility index (Phi) is 12.9. The molecule has 0 aromatic carbocycles. The monoisotopic (exact) mass is 260 g/mol. The standard InChI is InChI=1S/C14H32N2S/c1-15(2)12-13-16(3)11-9-7-5-4-6-8-10-14-17/h17H,4-14H2,1-3H3. The predicted molar refractivity (Wildman–Crippen MR) is 82.2 cm³/mol. The van der Waals surface area contributed by atoms with Gasteiger partial charge in [0, 0.05) is 13.1 Å². The molecule has 0 aromatic heterocycles. The van der Waals surface area contributed by atoms with E-state index >= 15 is 0 Å². The van der Waals surface area contributed by atoms with Crippen molar-refractivity contribution < 1.29 is 0 Å². The molecule has 0 rings (SSSR count). The van der Waals surface area contributed by atoms with E-state index in [2.05, 4.69) is 43.6 Å². The minimum atomic E-state index is 1.05. The lowest BCUT2D eigenvalue weighted by Crippen LogP contribution is -2.29. The maximum Gasteiger partial charge on any atom is 0.0106 e. The normalized spacial score (nSPS) is 11.6.